The van der Waals surface area contributed by atoms with Gasteiger partial charge < -0.3 is 19.5 Å². The molecule has 1 aromatic heterocycles. The molecule has 0 aliphatic heterocycles. The summed E-state index contributed by atoms with van der Waals surface area (Å²) in [5.41, 5.74) is -0.628. The zero-order valence-electron chi connectivity index (χ0n) is 17.4. The van der Waals surface area contributed by atoms with E-state index in [0.717, 1.165) is 0 Å². The summed E-state index contributed by atoms with van der Waals surface area (Å²) in [6, 6.07) is 8.59. The number of pyridine rings is 1. The number of aromatic nitrogens is 1. The molecule has 0 bridgehead atoms. The third-order valence-corrected chi connectivity index (χ3v) is 5.25. The number of aromatic carboxylic acids is 1. The van der Waals surface area contributed by atoms with Crippen molar-refractivity contribution >= 4 is 28.5 Å². The van der Waals surface area contributed by atoms with Gasteiger partial charge in [0.1, 0.15) is 17.1 Å². The first-order valence-electron chi connectivity index (χ1n) is 9.81. The van der Waals surface area contributed by atoms with Crippen LogP contribution in [-0.4, -0.2) is 33.5 Å². The summed E-state index contributed by atoms with van der Waals surface area (Å²) in [6.07, 6.45) is -0.425. The van der Waals surface area contributed by atoms with Crippen LogP contribution in [0.2, 0.25) is 5.02 Å². The zero-order valence-corrected chi connectivity index (χ0v) is 18.1. The van der Waals surface area contributed by atoms with E-state index in [4.69, 9.17) is 16.3 Å². The molecule has 1 unspecified atom stereocenters. The number of aliphatic hydroxyl groups is 1. The molecular weight excluding hydrogens is 425 g/mol. The van der Waals surface area contributed by atoms with E-state index in [1.54, 1.807) is 29.7 Å². The SMILES string of the molecule is CC(C)Oc1cccc2c(=O)c(C(=O)O)c(Cc3cccc(Cl)c3F)n(C(C)CO)c12. The number of aliphatic hydroxyl groups excluding tert-OH is 1. The maximum Gasteiger partial charge on any atom is 0.341 e. The summed E-state index contributed by atoms with van der Waals surface area (Å²) < 4.78 is 22.1. The number of rotatable bonds is 7. The number of ether oxygens (including phenoxy) is 1. The number of benzene rings is 2. The minimum Gasteiger partial charge on any atom is -0.489 e. The first-order valence-corrected chi connectivity index (χ1v) is 10.2. The van der Waals surface area contributed by atoms with Crippen LogP contribution in [0.15, 0.2) is 41.2 Å². The lowest BCUT2D eigenvalue weighted by atomic mass is 9.99. The highest BCUT2D eigenvalue weighted by Crippen LogP contribution is 2.32. The number of carboxylic acid groups (broad SMARTS) is 1. The Hall–Kier alpha value is -2.90. The van der Waals surface area contributed by atoms with Gasteiger partial charge in [-0.1, -0.05) is 29.8 Å². The maximum absolute atomic E-state index is 14.7. The molecule has 164 valence electrons. The van der Waals surface area contributed by atoms with E-state index in [0.29, 0.717) is 11.3 Å². The number of halogens is 2. The van der Waals surface area contributed by atoms with Crippen molar-refractivity contribution in [3.8, 4) is 5.75 Å². The Kier molecular flexibility index (Phi) is 6.67. The molecule has 0 fully saturated rings. The molecule has 2 aromatic carbocycles. The van der Waals surface area contributed by atoms with Gasteiger partial charge in [-0.05, 0) is 44.5 Å². The molecule has 3 rings (SSSR count). The van der Waals surface area contributed by atoms with Gasteiger partial charge in [0.15, 0.2) is 0 Å². The average Bonchev–Trinajstić information content (AvgIpc) is 2.71. The fraction of sp³-hybridized carbons (Fsp3) is 0.304. The number of nitrogens with zero attached hydrogens (tertiary/aromatic N) is 1. The van der Waals surface area contributed by atoms with Crippen molar-refractivity contribution in [3.05, 3.63) is 74.3 Å². The molecule has 1 atom stereocenters. The number of hydrogen-bond donors (Lipinski definition) is 2. The Morgan fingerprint density at radius 1 is 1.19 bits per heavy atom. The first-order chi connectivity index (χ1) is 14.7. The maximum atomic E-state index is 14.7. The Labute approximate surface area is 183 Å². The number of carboxylic acids is 1. The Bertz CT molecular complexity index is 1200. The molecule has 0 saturated heterocycles. The molecule has 8 heteroatoms. The lowest BCUT2D eigenvalue weighted by Gasteiger charge is -2.26. The van der Waals surface area contributed by atoms with Gasteiger partial charge in [-0.15, -0.1) is 0 Å². The van der Waals surface area contributed by atoms with Gasteiger partial charge in [0.05, 0.1) is 34.7 Å². The van der Waals surface area contributed by atoms with E-state index >= 15 is 0 Å². The molecule has 2 N–H and O–H groups in total. The van der Waals surface area contributed by atoms with E-state index in [2.05, 4.69) is 0 Å². The minimum atomic E-state index is -1.43. The summed E-state index contributed by atoms with van der Waals surface area (Å²) >= 11 is 5.90. The van der Waals surface area contributed by atoms with Crippen LogP contribution in [0.5, 0.6) is 5.75 Å². The van der Waals surface area contributed by atoms with Crippen molar-refractivity contribution in [2.75, 3.05) is 6.61 Å². The largest absolute Gasteiger partial charge is 0.489 e. The summed E-state index contributed by atoms with van der Waals surface area (Å²) in [4.78, 5) is 25.3. The van der Waals surface area contributed by atoms with Gasteiger partial charge >= 0.3 is 5.97 Å². The summed E-state index contributed by atoms with van der Waals surface area (Å²) in [5, 5.41) is 19.8. The van der Waals surface area contributed by atoms with E-state index in [-0.39, 0.29) is 40.8 Å². The standard InChI is InChI=1S/C23H23ClFNO5/c1-12(2)31-18-9-5-7-15-21(18)26(13(3)11-27)17(19(22(15)28)23(29)30)10-14-6-4-8-16(24)20(14)25/h4-9,12-13,27H,10-11H2,1-3H3,(H,29,30). The minimum absolute atomic E-state index is 0.0625. The number of carbonyl (C=O) groups is 1. The quantitative estimate of drug-likeness (QED) is 0.559. The topological polar surface area (TPSA) is 88.8 Å². The van der Waals surface area contributed by atoms with Crippen LogP contribution >= 0.6 is 11.6 Å². The third kappa shape index (κ3) is 4.29. The molecule has 31 heavy (non-hydrogen) atoms. The third-order valence-electron chi connectivity index (χ3n) is 4.96. The van der Waals surface area contributed by atoms with Crippen LogP contribution in [0.4, 0.5) is 4.39 Å². The van der Waals surface area contributed by atoms with Crippen LogP contribution in [0, 0.1) is 5.82 Å². The molecular formula is C23H23ClFNO5. The molecule has 1 heterocycles. The van der Waals surface area contributed by atoms with Crippen molar-refractivity contribution in [1.29, 1.82) is 0 Å². The fourth-order valence-electron chi connectivity index (χ4n) is 3.65. The summed E-state index contributed by atoms with van der Waals surface area (Å²) in [5.74, 6) is -1.75. The molecule has 3 aromatic rings. The Morgan fingerprint density at radius 2 is 1.87 bits per heavy atom. The van der Waals surface area contributed by atoms with Crippen LogP contribution in [0.3, 0.4) is 0 Å². The lowest BCUT2D eigenvalue weighted by molar-refractivity contribution is 0.0693. The fourth-order valence-corrected chi connectivity index (χ4v) is 3.85. The highest BCUT2D eigenvalue weighted by Gasteiger charge is 2.27. The van der Waals surface area contributed by atoms with Gasteiger partial charge in [0.2, 0.25) is 5.43 Å². The van der Waals surface area contributed by atoms with Gasteiger partial charge in [0.25, 0.3) is 0 Å². The highest BCUT2D eigenvalue weighted by atomic mass is 35.5. The first kappa shape index (κ1) is 22.8. The number of para-hydroxylation sites is 1. The second-order valence-corrected chi connectivity index (χ2v) is 7.97. The molecule has 0 aliphatic carbocycles. The van der Waals surface area contributed by atoms with E-state index in [1.807, 2.05) is 13.8 Å². The normalized spacial score (nSPS) is 12.4. The zero-order chi connectivity index (χ0) is 22.9. The second kappa shape index (κ2) is 9.08. The number of fused-ring (bicyclic) bond motifs is 1. The van der Waals surface area contributed by atoms with Crippen LogP contribution in [0.1, 0.15) is 48.4 Å². The van der Waals surface area contributed by atoms with Crippen LogP contribution in [-0.2, 0) is 6.42 Å². The summed E-state index contributed by atoms with van der Waals surface area (Å²) in [7, 11) is 0. The van der Waals surface area contributed by atoms with Gasteiger partial charge in [-0.3, -0.25) is 4.79 Å². The van der Waals surface area contributed by atoms with Crippen LogP contribution in [0.25, 0.3) is 10.9 Å². The van der Waals surface area contributed by atoms with Gasteiger partial charge in [-0.2, -0.15) is 0 Å². The molecule has 0 saturated carbocycles. The Morgan fingerprint density at radius 3 is 2.48 bits per heavy atom. The molecule has 0 amide bonds. The van der Waals surface area contributed by atoms with Crippen molar-refractivity contribution in [2.24, 2.45) is 0 Å². The number of hydrogen-bond acceptors (Lipinski definition) is 4. The highest BCUT2D eigenvalue weighted by molar-refractivity contribution is 6.30. The van der Waals surface area contributed by atoms with E-state index in [9.17, 15) is 24.2 Å². The average molecular weight is 448 g/mol. The van der Waals surface area contributed by atoms with Gasteiger partial charge in [0, 0.05) is 12.1 Å². The molecule has 6 nitrogen and oxygen atoms in total. The second-order valence-electron chi connectivity index (χ2n) is 7.57. The van der Waals surface area contributed by atoms with Crippen molar-refractivity contribution in [1.82, 2.24) is 4.57 Å². The lowest BCUT2D eigenvalue weighted by Crippen LogP contribution is -2.28. The molecule has 0 aliphatic rings. The predicted octanol–water partition coefficient (Wildman–Crippen LogP) is 4.42. The monoisotopic (exact) mass is 447 g/mol. The molecule has 0 spiro atoms. The Balaban J connectivity index is 2.48. The van der Waals surface area contributed by atoms with Crippen molar-refractivity contribution < 1.29 is 24.1 Å². The van der Waals surface area contributed by atoms with Gasteiger partial charge in [-0.25, -0.2) is 9.18 Å². The smallest absolute Gasteiger partial charge is 0.341 e. The predicted molar refractivity (Wildman–Crippen MR) is 117 cm³/mol. The van der Waals surface area contributed by atoms with Crippen LogP contribution < -0.4 is 10.2 Å². The summed E-state index contributed by atoms with van der Waals surface area (Å²) in [6.45, 7) is 4.99. The van der Waals surface area contributed by atoms with E-state index < -0.39 is 28.8 Å². The van der Waals surface area contributed by atoms with E-state index in [1.165, 1.54) is 18.2 Å². The van der Waals surface area contributed by atoms with Crippen molar-refractivity contribution in [3.63, 3.8) is 0 Å². The van der Waals surface area contributed by atoms with Crippen molar-refractivity contribution in [2.45, 2.75) is 39.3 Å². The molecule has 0 radical (unpaired) electrons.